The number of hydrogen-bond acceptors (Lipinski definition) is 3. The van der Waals surface area contributed by atoms with Gasteiger partial charge in [0.05, 0.1) is 5.56 Å². The number of anilines is 1. The van der Waals surface area contributed by atoms with Crippen LogP contribution in [0.1, 0.15) is 43.5 Å². The first-order valence-electron chi connectivity index (χ1n) is 7.08. The van der Waals surface area contributed by atoms with Crippen LogP contribution in [0.4, 0.5) is 5.82 Å². The van der Waals surface area contributed by atoms with Crippen LogP contribution in [0.3, 0.4) is 0 Å². The fourth-order valence-corrected chi connectivity index (χ4v) is 3.19. The van der Waals surface area contributed by atoms with Crippen LogP contribution >= 0.6 is 0 Å². The van der Waals surface area contributed by atoms with Crippen molar-refractivity contribution in [1.82, 2.24) is 4.98 Å². The smallest absolute Gasteiger partial charge is 0.139 e. The molecule has 1 aliphatic carbocycles. The lowest BCUT2D eigenvalue weighted by atomic mass is 9.93. The average Bonchev–Trinajstić information content (AvgIpc) is 2.92. The molecular weight excluding hydrogens is 236 g/mol. The molecular formula is C15H22N4. The van der Waals surface area contributed by atoms with Gasteiger partial charge < -0.3 is 10.6 Å². The number of hydrogen-bond donors (Lipinski definition) is 2. The molecule has 0 amide bonds. The van der Waals surface area contributed by atoms with Gasteiger partial charge in [0.1, 0.15) is 11.7 Å². The standard InChI is InChI=1S/C15H22N4/c1-15(2)6-7-19(9-15)14-11(13(16)17)8-10-4-3-5-12(10)18-14/h8H,3-7,9H2,1-2H3,(H3,16,17). The Balaban J connectivity index is 2.02. The van der Waals surface area contributed by atoms with E-state index < -0.39 is 0 Å². The van der Waals surface area contributed by atoms with Crippen LogP contribution in [0.25, 0.3) is 0 Å². The molecule has 0 spiro atoms. The van der Waals surface area contributed by atoms with Crippen molar-refractivity contribution < 1.29 is 0 Å². The van der Waals surface area contributed by atoms with E-state index in [1.54, 1.807) is 0 Å². The van der Waals surface area contributed by atoms with Crippen LogP contribution < -0.4 is 10.6 Å². The highest BCUT2D eigenvalue weighted by Crippen LogP contribution is 2.34. The van der Waals surface area contributed by atoms with Gasteiger partial charge in [-0.1, -0.05) is 13.8 Å². The number of nitrogen functional groups attached to an aromatic ring is 1. The first kappa shape index (κ1) is 12.5. The molecule has 19 heavy (non-hydrogen) atoms. The van der Waals surface area contributed by atoms with E-state index in [-0.39, 0.29) is 5.84 Å². The molecule has 1 saturated heterocycles. The minimum Gasteiger partial charge on any atom is -0.384 e. The monoisotopic (exact) mass is 258 g/mol. The molecule has 0 bridgehead atoms. The van der Waals surface area contributed by atoms with Gasteiger partial charge in [0.2, 0.25) is 0 Å². The van der Waals surface area contributed by atoms with Crippen molar-refractivity contribution in [3.05, 3.63) is 22.9 Å². The summed E-state index contributed by atoms with van der Waals surface area (Å²) in [5.41, 5.74) is 9.40. The summed E-state index contributed by atoms with van der Waals surface area (Å²) in [4.78, 5) is 7.13. The van der Waals surface area contributed by atoms with E-state index in [2.05, 4.69) is 24.8 Å². The summed E-state index contributed by atoms with van der Waals surface area (Å²) in [6, 6.07) is 2.10. The number of nitrogens with one attached hydrogen (secondary N) is 1. The van der Waals surface area contributed by atoms with Crippen molar-refractivity contribution in [2.24, 2.45) is 11.1 Å². The Morgan fingerprint density at radius 2 is 2.21 bits per heavy atom. The number of nitrogens with zero attached hydrogens (tertiary/aromatic N) is 2. The van der Waals surface area contributed by atoms with Crippen LogP contribution in [-0.4, -0.2) is 23.9 Å². The molecule has 4 nitrogen and oxygen atoms in total. The second-order valence-electron chi connectivity index (χ2n) is 6.57. The zero-order valence-electron chi connectivity index (χ0n) is 11.8. The summed E-state index contributed by atoms with van der Waals surface area (Å²) in [5, 5.41) is 7.81. The van der Waals surface area contributed by atoms with Gasteiger partial charge in [-0.3, -0.25) is 5.41 Å². The van der Waals surface area contributed by atoms with E-state index in [1.807, 2.05) is 0 Å². The third-order valence-corrected chi connectivity index (χ3v) is 4.30. The number of aryl methyl sites for hydroxylation is 2. The number of nitrogens with two attached hydrogens (primary N) is 1. The Bertz CT molecular complexity index is 533. The maximum absolute atomic E-state index is 7.81. The van der Waals surface area contributed by atoms with Crippen molar-refractivity contribution in [3.8, 4) is 0 Å². The molecule has 0 aromatic carbocycles. The molecule has 0 saturated carbocycles. The zero-order valence-corrected chi connectivity index (χ0v) is 11.8. The van der Waals surface area contributed by atoms with Crippen molar-refractivity contribution in [2.45, 2.75) is 39.5 Å². The highest BCUT2D eigenvalue weighted by molar-refractivity contribution is 6.00. The lowest BCUT2D eigenvalue weighted by Crippen LogP contribution is -2.27. The summed E-state index contributed by atoms with van der Waals surface area (Å²) >= 11 is 0. The van der Waals surface area contributed by atoms with Gasteiger partial charge in [0, 0.05) is 18.8 Å². The highest BCUT2D eigenvalue weighted by Gasteiger charge is 2.32. The number of rotatable bonds is 2. The molecule has 1 aliphatic heterocycles. The number of aromatic nitrogens is 1. The minimum atomic E-state index is 0.141. The topological polar surface area (TPSA) is 66.0 Å². The van der Waals surface area contributed by atoms with Gasteiger partial charge in [-0.05, 0) is 42.7 Å². The zero-order chi connectivity index (χ0) is 13.6. The molecule has 1 aromatic rings. The molecule has 1 fully saturated rings. The molecule has 2 heterocycles. The maximum Gasteiger partial charge on any atom is 0.139 e. The summed E-state index contributed by atoms with van der Waals surface area (Å²) in [6.45, 7) is 6.58. The fourth-order valence-electron chi connectivity index (χ4n) is 3.19. The third-order valence-electron chi connectivity index (χ3n) is 4.30. The molecule has 2 aliphatic rings. The first-order valence-corrected chi connectivity index (χ1v) is 7.08. The van der Waals surface area contributed by atoms with E-state index in [1.165, 1.54) is 24.1 Å². The molecule has 3 rings (SSSR count). The Hall–Kier alpha value is -1.58. The van der Waals surface area contributed by atoms with Crippen LogP contribution in [0, 0.1) is 10.8 Å². The van der Waals surface area contributed by atoms with Crippen molar-refractivity contribution in [3.63, 3.8) is 0 Å². The molecule has 102 valence electrons. The second-order valence-corrected chi connectivity index (χ2v) is 6.57. The summed E-state index contributed by atoms with van der Waals surface area (Å²) < 4.78 is 0. The van der Waals surface area contributed by atoms with Gasteiger partial charge in [-0.2, -0.15) is 0 Å². The predicted molar refractivity (Wildman–Crippen MR) is 77.9 cm³/mol. The highest BCUT2D eigenvalue weighted by atomic mass is 15.2. The predicted octanol–water partition coefficient (Wildman–Crippen LogP) is 2.09. The van der Waals surface area contributed by atoms with E-state index in [0.29, 0.717) is 5.41 Å². The normalized spacial score (nSPS) is 20.6. The lowest BCUT2D eigenvalue weighted by molar-refractivity contribution is 0.418. The summed E-state index contributed by atoms with van der Waals surface area (Å²) in [6.07, 6.45) is 4.49. The van der Waals surface area contributed by atoms with Crippen molar-refractivity contribution >= 4 is 11.7 Å². The Kier molecular flexibility index (Phi) is 2.77. The van der Waals surface area contributed by atoms with E-state index in [0.717, 1.165) is 37.3 Å². The van der Waals surface area contributed by atoms with Gasteiger partial charge in [-0.15, -0.1) is 0 Å². The Morgan fingerprint density at radius 1 is 1.42 bits per heavy atom. The van der Waals surface area contributed by atoms with Gasteiger partial charge in [0.25, 0.3) is 0 Å². The van der Waals surface area contributed by atoms with Crippen LogP contribution in [0.5, 0.6) is 0 Å². The maximum atomic E-state index is 7.81. The number of amidine groups is 1. The van der Waals surface area contributed by atoms with Gasteiger partial charge in [-0.25, -0.2) is 4.98 Å². The van der Waals surface area contributed by atoms with E-state index >= 15 is 0 Å². The number of fused-ring (bicyclic) bond motifs is 1. The molecule has 1 aromatic heterocycles. The lowest BCUT2D eigenvalue weighted by Gasteiger charge is -2.23. The van der Waals surface area contributed by atoms with Gasteiger partial charge in [0.15, 0.2) is 0 Å². The molecule has 0 unspecified atom stereocenters. The molecule has 0 radical (unpaired) electrons. The quantitative estimate of drug-likeness (QED) is 0.630. The van der Waals surface area contributed by atoms with Gasteiger partial charge >= 0.3 is 0 Å². The number of pyridine rings is 1. The molecule has 4 heteroatoms. The SMILES string of the molecule is CC1(C)CCN(c2nc3c(cc2C(=N)N)CCC3)C1. The summed E-state index contributed by atoms with van der Waals surface area (Å²) in [7, 11) is 0. The Morgan fingerprint density at radius 3 is 2.84 bits per heavy atom. The second kappa shape index (κ2) is 4.22. The van der Waals surface area contributed by atoms with Crippen LogP contribution in [-0.2, 0) is 12.8 Å². The Labute approximate surface area is 114 Å². The third kappa shape index (κ3) is 2.20. The fraction of sp³-hybridized carbons (Fsp3) is 0.600. The summed E-state index contributed by atoms with van der Waals surface area (Å²) in [5.74, 6) is 1.07. The first-order chi connectivity index (χ1) is 8.96. The van der Waals surface area contributed by atoms with Crippen molar-refractivity contribution in [2.75, 3.05) is 18.0 Å². The van der Waals surface area contributed by atoms with Crippen molar-refractivity contribution in [1.29, 1.82) is 5.41 Å². The molecule has 0 atom stereocenters. The van der Waals surface area contributed by atoms with E-state index in [9.17, 15) is 0 Å². The largest absolute Gasteiger partial charge is 0.384 e. The molecule has 3 N–H and O–H groups in total. The average molecular weight is 258 g/mol. The van der Waals surface area contributed by atoms with E-state index in [4.69, 9.17) is 16.1 Å². The van der Waals surface area contributed by atoms with Crippen LogP contribution in [0.2, 0.25) is 0 Å². The minimum absolute atomic E-state index is 0.141. The van der Waals surface area contributed by atoms with Crippen LogP contribution in [0.15, 0.2) is 6.07 Å².